The number of benzene rings is 2. The minimum absolute atomic E-state index is 1.01. The van der Waals surface area contributed by atoms with Crippen LogP contribution in [0.15, 0.2) is 55.1 Å². The third-order valence-corrected chi connectivity index (χ3v) is 2.85. The van der Waals surface area contributed by atoms with Crippen LogP contribution in [0.5, 0.6) is 0 Å². The van der Waals surface area contributed by atoms with E-state index in [1.807, 2.05) is 6.08 Å². The molecule has 0 atom stereocenters. The Labute approximate surface area is 97.0 Å². The van der Waals surface area contributed by atoms with Crippen LogP contribution in [0.25, 0.3) is 10.8 Å². The Morgan fingerprint density at radius 1 is 1.12 bits per heavy atom. The van der Waals surface area contributed by atoms with Crippen LogP contribution in [-0.2, 0) is 0 Å². The summed E-state index contributed by atoms with van der Waals surface area (Å²) >= 11 is 0. The van der Waals surface area contributed by atoms with E-state index < -0.39 is 0 Å². The van der Waals surface area contributed by atoms with Crippen LogP contribution in [0.3, 0.4) is 0 Å². The molecule has 1 heteroatoms. The molecule has 2 aromatic rings. The number of hydrogen-bond acceptors (Lipinski definition) is 1. The summed E-state index contributed by atoms with van der Waals surface area (Å²) < 4.78 is 0. The first kappa shape index (κ1) is 10.7. The Balaban J connectivity index is 2.39. The van der Waals surface area contributed by atoms with Crippen molar-refractivity contribution < 1.29 is 0 Å². The van der Waals surface area contributed by atoms with Gasteiger partial charge in [-0.25, -0.2) is 0 Å². The lowest BCUT2D eigenvalue weighted by atomic mass is 10.1. The molecule has 0 aliphatic rings. The molecule has 0 aromatic heterocycles. The van der Waals surface area contributed by atoms with Gasteiger partial charge < -0.3 is 4.90 Å². The molecule has 2 rings (SSSR count). The highest BCUT2D eigenvalue weighted by Crippen LogP contribution is 2.25. The number of fused-ring (bicyclic) bond motifs is 1. The van der Waals surface area contributed by atoms with Crippen molar-refractivity contribution in [2.45, 2.75) is 6.42 Å². The molecular weight excluding hydrogens is 194 g/mol. The predicted octanol–water partition coefficient (Wildman–Crippen LogP) is 3.85. The lowest BCUT2D eigenvalue weighted by molar-refractivity contribution is 0.904. The van der Waals surface area contributed by atoms with Crippen LogP contribution >= 0.6 is 0 Å². The van der Waals surface area contributed by atoms with Gasteiger partial charge in [0.05, 0.1) is 0 Å². The first-order chi connectivity index (χ1) is 7.83. The summed E-state index contributed by atoms with van der Waals surface area (Å²) in [6, 6.07) is 14.9. The summed E-state index contributed by atoms with van der Waals surface area (Å²) in [7, 11) is 2.13. The Hall–Kier alpha value is -1.76. The maximum atomic E-state index is 3.76. The van der Waals surface area contributed by atoms with E-state index in [-0.39, 0.29) is 0 Å². The monoisotopic (exact) mass is 211 g/mol. The molecule has 0 bridgehead atoms. The quantitative estimate of drug-likeness (QED) is 0.694. The van der Waals surface area contributed by atoms with Crippen LogP contribution in [0, 0.1) is 0 Å². The average molecular weight is 211 g/mol. The zero-order chi connectivity index (χ0) is 11.4. The Bertz CT molecular complexity index is 482. The summed E-state index contributed by atoms with van der Waals surface area (Å²) in [5, 5.41) is 2.61. The Morgan fingerprint density at radius 3 is 2.69 bits per heavy atom. The fourth-order valence-electron chi connectivity index (χ4n) is 1.95. The maximum Gasteiger partial charge on any atom is 0.0443 e. The third kappa shape index (κ3) is 2.08. The van der Waals surface area contributed by atoms with E-state index in [0.29, 0.717) is 0 Å². The van der Waals surface area contributed by atoms with Gasteiger partial charge in [-0.1, -0.05) is 42.5 Å². The lowest BCUT2D eigenvalue weighted by Gasteiger charge is -2.20. The van der Waals surface area contributed by atoms with E-state index in [2.05, 4.69) is 61.0 Å². The summed E-state index contributed by atoms with van der Waals surface area (Å²) in [6.45, 7) is 4.77. The van der Waals surface area contributed by atoms with Gasteiger partial charge >= 0.3 is 0 Å². The maximum absolute atomic E-state index is 3.76. The largest absolute Gasteiger partial charge is 0.374 e. The van der Waals surface area contributed by atoms with Crippen molar-refractivity contribution in [2.24, 2.45) is 0 Å². The SMILES string of the molecule is C=CCCN(C)c1cccc2ccccc12. The average Bonchev–Trinajstić information content (AvgIpc) is 2.35. The van der Waals surface area contributed by atoms with Crippen molar-refractivity contribution in [1.29, 1.82) is 0 Å². The topological polar surface area (TPSA) is 3.24 Å². The first-order valence-corrected chi connectivity index (χ1v) is 5.62. The molecule has 0 amide bonds. The fourth-order valence-corrected chi connectivity index (χ4v) is 1.95. The summed E-state index contributed by atoms with van der Waals surface area (Å²) in [4.78, 5) is 2.28. The van der Waals surface area contributed by atoms with Gasteiger partial charge in [-0.3, -0.25) is 0 Å². The van der Waals surface area contributed by atoms with Gasteiger partial charge in [0.15, 0.2) is 0 Å². The molecule has 16 heavy (non-hydrogen) atoms. The number of hydrogen-bond donors (Lipinski definition) is 0. The molecule has 2 aromatic carbocycles. The molecule has 0 aliphatic heterocycles. The van der Waals surface area contributed by atoms with Crippen LogP contribution in [0.4, 0.5) is 5.69 Å². The molecule has 0 heterocycles. The Morgan fingerprint density at radius 2 is 1.88 bits per heavy atom. The van der Waals surface area contributed by atoms with Crippen molar-refractivity contribution in [3.05, 3.63) is 55.1 Å². The smallest absolute Gasteiger partial charge is 0.0443 e. The summed E-state index contributed by atoms with van der Waals surface area (Å²) in [5.41, 5.74) is 1.29. The third-order valence-electron chi connectivity index (χ3n) is 2.85. The van der Waals surface area contributed by atoms with E-state index in [4.69, 9.17) is 0 Å². The fraction of sp³-hybridized carbons (Fsp3) is 0.200. The standard InChI is InChI=1S/C15H17N/c1-3-4-12-16(2)15-11-7-9-13-8-5-6-10-14(13)15/h3,5-11H,1,4,12H2,2H3. The highest BCUT2D eigenvalue weighted by atomic mass is 15.1. The van der Waals surface area contributed by atoms with Crippen molar-refractivity contribution in [3.63, 3.8) is 0 Å². The molecule has 0 aliphatic carbocycles. The van der Waals surface area contributed by atoms with E-state index in [1.54, 1.807) is 0 Å². The summed E-state index contributed by atoms with van der Waals surface area (Å²) in [6.07, 6.45) is 2.97. The predicted molar refractivity (Wildman–Crippen MR) is 72.0 cm³/mol. The molecular formula is C15H17N. The van der Waals surface area contributed by atoms with Crippen LogP contribution in [0.1, 0.15) is 6.42 Å². The second kappa shape index (κ2) is 4.84. The van der Waals surface area contributed by atoms with Crippen molar-refractivity contribution in [1.82, 2.24) is 0 Å². The van der Waals surface area contributed by atoms with Crippen molar-refractivity contribution >= 4 is 16.5 Å². The first-order valence-electron chi connectivity index (χ1n) is 5.62. The van der Waals surface area contributed by atoms with E-state index in [0.717, 1.165) is 13.0 Å². The molecule has 0 saturated carbocycles. The highest BCUT2D eigenvalue weighted by Gasteiger charge is 2.03. The number of nitrogens with zero attached hydrogens (tertiary/aromatic N) is 1. The second-order valence-corrected chi connectivity index (χ2v) is 4.00. The molecule has 1 nitrogen and oxygen atoms in total. The number of rotatable bonds is 4. The second-order valence-electron chi connectivity index (χ2n) is 4.00. The van der Waals surface area contributed by atoms with Crippen LogP contribution in [-0.4, -0.2) is 13.6 Å². The zero-order valence-corrected chi connectivity index (χ0v) is 9.69. The minimum atomic E-state index is 1.01. The van der Waals surface area contributed by atoms with Gasteiger partial charge in [0.1, 0.15) is 0 Å². The van der Waals surface area contributed by atoms with Gasteiger partial charge in [0.2, 0.25) is 0 Å². The molecule has 0 spiro atoms. The van der Waals surface area contributed by atoms with Gasteiger partial charge in [-0.15, -0.1) is 6.58 Å². The molecule has 0 saturated heterocycles. The highest BCUT2D eigenvalue weighted by molar-refractivity contribution is 5.94. The Kier molecular flexibility index (Phi) is 3.25. The minimum Gasteiger partial charge on any atom is -0.374 e. The van der Waals surface area contributed by atoms with Gasteiger partial charge in [-0.2, -0.15) is 0 Å². The van der Waals surface area contributed by atoms with Gasteiger partial charge in [0.25, 0.3) is 0 Å². The van der Waals surface area contributed by atoms with Crippen molar-refractivity contribution in [3.8, 4) is 0 Å². The van der Waals surface area contributed by atoms with Gasteiger partial charge in [0, 0.05) is 24.7 Å². The lowest BCUT2D eigenvalue weighted by Crippen LogP contribution is -2.18. The molecule has 82 valence electrons. The van der Waals surface area contributed by atoms with Crippen LogP contribution < -0.4 is 4.90 Å². The van der Waals surface area contributed by atoms with E-state index in [1.165, 1.54) is 16.5 Å². The summed E-state index contributed by atoms with van der Waals surface area (Å²) in [5.74, 6) is 0. The molecule has 0 unspecified atom stereocenters. The molecule has 0 radical (unpaired) electrons. The normalized spacial score (nSPS) is 10.3. The zero-order valence-electron chi connectivity index (χ0n) is 9.69. The van der Waals surface area contributed by atoms with Crippen LogP contribution in [0.2, 0.25) is 0 Å². The molecule has 0 fully saturated rings. The number of anilines is 1. The van der Waals surface area contributed by atoms with Gasteiger partial charge in [-0.05, 0) is 17.9 Å². The van der Waals surface area contributed by atoms with Crippen molar-refractivity contribution in [2.75, 3.05) is 18.5 Å². The van der Waals surface area contributed by atoms with E-state index >= 15 is 0 Å². The van der Waals surface area contributed by atoms with E-state index in [9.17, 15) is 0 Å². The molecule has 0 N–H and O–H groups in total.